The van der Waals surface area contributed by atoms with Crippen LogP contribution in [-0.2, 0) is 4.74 Å². The van der Waals surface area contributed by atoms with Gasteiger partial charge in [0.15, 0.2) is 11.0 Å². The van der Waals surface area contributed by atoms with Gasteiger partial charge in [-0.2, -0.15) is 0 Å². The molecule has 0 spiro atoms. The topological polar surface area (TPSA) is 73.1 Å². The molecule has 0 radical (unpaired) electrons. The Morgan fingerprint density at radius 3 is 2.66 bits per heavy atom. The van der Waals surface area contributed by atoms with Crippen LogP contribution in [0.1, 0.15) is 17.5 Å². The first-order valence-corrected chi connectivity index (χ1v) is 10.6. The third-order valence-corrected chi connectivity index (χ3v) is 5.98. The van der Waals surface area contributed by atoms with Crippen molar-refractivity contribution in [2.45, 2.75) is 25.4 Å². The molecule has 1 aliphatic rings. The van der Waals surface area contributed by atoms with Gasteiger partial charge in [-0.05, 0) is 55.7 Å². The number of ether oxygens (including phenoxy) is 1. The van der Waals surface area contributed by atoms with E-state index < -0.39 is 0 Å². The minimum Gasteiger partial charge on any atom is -0.448 e. The van der Waals surface area contributed by atoms with Crippen LogP contribution in [0.2, 0.25) is 0 Å². The monoisotopic (exact) mass is 409 g/mol. The number of rotatable bonds is 7. The first-order chi connectivity index (χ1) is 14.1. The molecule has 1 saturated heterocycles. The fourth-order valence-electron chi connectivity index (χ4n) is 3.20. The minimum atomic E-state index is -0.215. The molecule has 3 aromatic rings. The Kier molecular flexibility index (Phi) is 5.80. The second kappa shape index (κ2) is 8.65. The van der Waals surface area contributed by atoms with Crippen molar-refractivity contribution in [2.75, 3.05) is 25.4 Å². The summed E-state index contributed by atoms with van der Waals surface area (Å²) in [4.78, 5) is 17.4. The number of thioether (sulfide) groups is 1. The average molecular weight is 410 g/mol. The highest BCUT2D eigenvalue weighted by molar-refractivity contribution is 7.99. The lowest BCUT2D eigenvalue weighted by Gasteiger charge is -2.13. The fourth-order valence-corrected chi connectivity index (χ4v) is 4.07. The summed E-state index contributed by atoms with van der Waals surface area (Å²) in [7, 11) is 0. The molecule has 0 saturated carbocycles. The lowest BCUT2D eigenvalue weighted by Crippen LogP contribution is -2.25. The quantitative estimate of drug-likeness (QED) is 0.436. The van der Waals surface area contributed by atoms with Crippen LogP contribution in [-0.4, -0.2) is 56.2 Å². The molecular weight excluding hydrogens is 386 g/mol. The Bertz CT molecular complexity index is 1010. The van der Waals surface area contributed by atoms with E-state index in [0.717, 1.165) is 34.4 Å². The molecule has 4 rings (SSSR count). The van der Waals surface area contributed by atoms with Crippen LogP contribution < -0.4 is 0 Å². The zero-order chi connectivity index (χ0) is 20.2. The van der Waals surface area contributed by atoms with Crippen molar-refractivity contribution in [2.24, 2.45) is 0 Å². The van der Waals surface area contributed by atoms with Gasteiger partial charge in [0, 0.05) is 30.3 Å². The Balaban J connectivity index is 1.57. The number of aromatic nitrogens is 4. The largest absolute Gasteiger partial charge is 0.448 e. The van der Waals surface area contributed by atoms with Gasteiger partial charge in [0.05, 0.1) is 12.2 Å². The third-order valence-electron chi connectivity index (χ3n) is 4.97. The zero-order valence-corrected chi connectivity index (χ0v) is 17.4. The molecule has 0 aliphatic carbocycles. The number of benzene rings is 1. The number of carbonyl (C=O) groups excluding carboxylic acids is 1. The van der Waals surface area contributed by atoms with E-state index in [1.807, 2.05) is 12.1 Å². The van der Waals surface area contributed by atoms with Crippen LogP contribution in [0.5, 0.6) is 0 Å². The van der Waals surface area contributed by atoms with Crippen LogP contribution in [0.4, 0.5) is 4.79 Å². The van der Waals surface area contributed by atoms with Crippen molar-refractivity contribution in [3.8, 4) is 17.1 Å². The highest BCUT2D eigenvalue weighted by Gasteiger charge is 2.21. The average Bonchev–Trinajstić information content (AvgIpc) is 3.34. The van der Waals surface area contributed by atoms with Crippen molar-refractivity contribution < 1.29 is 9.53 Å². The third kappa shape index (κ3) is 4.27. The van der Waals surface area contributed by atoms with Crippen molar-refractivity contribution in [1.82, 2.24) is 24.6 Å². The molecule has 1 fully saturated rings. The van der Waals surface area contributed by atoms with Crippen LogP contribution in [0.3, 0.4) is 0 Å². The standard InChI is InChI=1S/C21H23N5O2S/c1-15-4-5-18(14-16(15)2)26-19(17-6-8-22-9-7-17)23-24-20(26)29-13-3-10-25-11-12-28-21(25)27/h4-9,14H,3,10-13H2,1-2H3. The summed E-state index contributed by atoms with van der Waals surface area (Å²) in [6.45, 7) is 6.07. The summed E-state index contributed by atoms with van der Waals surface area (Å²) in [6.07, 6.45) is 4.17. The van der Waals surface area contributed by atoms with Gasteiger partial charge in [-0.3, -0.25) is 9.55 Å². The van der Waals surface area contributed by atoms with E-state index in [-0.39, 0.29) is 6.09 Å². The van der Waals surface area contributed by atoms with Gasteiger partial charge in [-0.15, -0.1) is 10.2 Å². The van der Waals surface area contributed by atoms with E-state index in [9.17, 15) is 4.79 Å². The molecule has 2 aromatic heterocycles. The molecule has 0 atom stereocenters. The van der Waals surface area contributed by atoms with Gasteiger partial charge in [-0.25, -0.2) is 4.79 Å². The van der Waals surface area contributed by atoms with Gasteiger partial charge in [0.25, 0.3) is 0 Å². The van der Waals surface area contributed by atoms with Crippen molar-refractivity contribution in [3.63, 3.8) is 0 Å². The molecule has 29 heavy (non-hydrogen) atoms. The summed E-state index contributed by atoms with van der Waals surface area (Å²) in [5, 5.41) is 9.76. The van der Waals surface area contributed by atoms with Crippen molar-refractivity contribution in [1.29, 1.82) is 0 Å². The molecule has 150 valence electrons. The lowest BCUT2D eigenvalue weighted by atomic mass is 10.1. The molecule has 1 aromatic carbocycles. The molecule has 0 bridgehead atoms. The summed E-state index contributed by atoms with van der Waals surface area (Å²) < 4.78 is 7.07. The van der Waals surface area contributed by atoms with Gasteiger partial charge >= 0.3 is 6.09 Å². The number of nitrogens with zero attached hydrogens (tertiary/aromatic N) is 5. The van der Waals surface area contributed by atoms with Gasteiger partial charge in [0.2, 0.25) is 0 Å². The predicted octanol–water partition coefficient (Wildman–Crippen LogP) is 3.88. The molecule has 7 nitrogen and oxygen atoms in total. The molecule has 0 N–H and O–H groups in total. The normalized spacial score (nSPS) is 13.7. The van der Waals surface area contributed by atoms with E-state index in [1.54, 1.807) is 29.1 Å². The second-order valence-electron chi connectivity index (χ2n) is 6.95. The molecule has 1 amide bonds. The maximum Gasteiger partial charge on any atom is 0.409 e. The van der Waals surface area contributed by atoms with E-state index >= 15 is 0 Å². The first kappa shape index (κ1) is 19.4. The van der Waals surface area contributed by atoms with E-state index in [2.05, 4.69) is 51.8 Å². The molecule has 8 heteroatoms. The van der Waals surface area contributed by atoms with E-state index in [1.165, 1.54) is 11.1 Å². The lowest BCUT2D eigenvalue weighted by molar-refractivity contribution is 0.158. The van der Waals surface area contributed by atoms with Gasteiger partial charge < -0.3 is 9.64 Å². The summed E-state index contributed by atoms with van der Waals surface area (Å²) in [5.41, 5.74) is 4.48. The van der Waals surface area contributed by atoms with E-state index in [4.69, 9.17) is 4.74 Å². The Labute approximate surface area is 174 Å². The first-order valence-electron chi connectivity index (χ1n) is 9.61. The fraction of sp³-hybridized carbons (Fsp3) is 0.333. The minimum absolute atomic E-state index is 0.215. The smallest absolute Gasteiger partial charge is 0.409 e. The van der Waals surface area contributed by atoms with Crippen molar-refractivity contribution >= 4 is 17.9 Å². The molecule has 1 aliphatic heterocycles. The zero-order valence-electron chi connectivity index (χ0n) is 16.5. The SMILES string of the molecule is Cc1ccc(-n2c(SCCCN3CCOC3=O)nnc2-c2ccncc2)cc1C. The summed E-state index contributed by atoms with van der Waals surface area (Å²) in [5.74, 6) is 1.63. The highest BCUT2D eigenvalue weighted by atomic mass is 32.2. The number of cyclic esters (lactones) is 1. The Morgan fingerprint density at radius 1 is 1.10 bits per heavy atom. The molecule has 0 unspecified atom stereocenters. The Morgan fingerprint density at radius 2 is 1.93 bits per heavy atom. The molecular formula is C21H23N5O2S. The number of hydrogen-bond donors (Lipinski definition) is 0. The van der Waals surface area contributed by atoms with Crippen LogP contribution in [0.25, 0.3) is 17.1 Å². The van der Waals surface area contributed by atoms with Crippen LogP contribution in [0, 0.1) is 13.8 Å². The number of hydrogen-bond acceptors (Lipinski definition) is 6. The molecule has 3 heterocycles. The van der Waals surface area contributed by atoms with Crippen LogP contribution >= 0.6 is 11.8 Å². The summed E-state index contributed by atoms with van der Waals surface area (Å²) in [6, 6.07) is 10.3. The predicted molar refractivity (Wildman–Crippen MR) is 112 cm³/mol. The Hall–Kier alpha value is -2.87. The maximum atomic E-state index is 11.6. The number of pyridine rings is 1. The van der Waals surface area contributed by atoms with Crippen molar-refractivity contribution in [3.05, 3.63) is 53.9 Å². The maximum absolute atomic E-state index is 11.6. The summed E-state index contributed by atoms with van der Waals surface area (Å²) >= 11 is 1.65. The van der Waals surface area contributed by atoms with E-state index in [0.29, 0.717) is 19.7 Å². The van der Waals surface area contributed by atoms with Gasteiger partial charge in [0.1, 0.15) is 6.61 Å². The van der Waals surface area contributed by atoms with Gasteiger partial charge in [-0.1, -0.05) is 17.8 Å². The highest BCUT2D eigenvalue weighted by Crippen LogP contribution is 2.29. The number of amides is 1. The second-order valence-corrected chi connectivity index (χ2v) is 8.01. The number of carbonyl (C=O) groups is 1. The number of aryl methyl sites for hydroxylation is 2. The van der Waals surface area contributed by atoms with Crippen LogP contribution in [0.15, 0.2) is 47.9 Å².